The quantitative estimate of drug-likeness (QED) is 0.603. The average molecular weight is 448 g/mol. The Morgan fingerprint density at radius 1 is 1.23 bits per heavy atom. The Labute approximate surface area is 185 Å². The summed E-state index contributed by atoms with van der Waals surface area (Å²) in [7, 11) is 0. The number of amides is 1. The van der Waals surface area contributed by atoms with E-state index in [1.807, 2.05) is 37.3 Å². The van der Waals surface area contributed by atoms with Crippen LogP contribution in [0, 0.1) is 11.8 Å². The molecule has 2 atom stereocenters. The molecule has 1 aliphatic rings. The zero-order valence-corrected chi connectivity index (χ0v) is 19.3. The molecule has 5 nitrogen and oxygen atoms in total. The Morgan fingerprint density at radius 3 is 2.43 bits per heavy atom. The van der Waals surface area contributed by atoms with Gasteiger partial charge in [-0.15, -0.1) is 11.3 Å². The molecule has 1 saturated carbocycles. The van der Waals surface area contributed by atoms with E-state index in [1.165, 1.54) is 11.3 Å². The Hall–Kier alpha value is -1.83. The van der Waals surface area contributed by atoms with Gasteiger partial charge in [-0.25, -0.2) is 4.79 Å². The van der Waals surface area contributed by atoms with Gasteiger partial charge in [0.2, 0.25) is 5.91 Å². The Balaban J connectivity index is 2.03. The smallest absolute Gasteiger partial charge is 0.338 e. The lowest BCUT2D eigenvalue weighted by Gasteiger charge is -2.34. The Morgan fingerprint density at radius 2 is 1.87 bits per heavy atom. The van der Waals surface area contributed by atoms with E-state index >= 15 is 0 Å². The third-order valence-corrected chi connectivity index (χ3v) is 7.87. The van der Waals surface area contributed by atoms with Gasteiger partial charge in [0.25, 0.3) is 0 Å². The van der Waals surface area contributed by atoms with E-state index in [2.05, 4.69) is 6.92 Å². The molecule has 0 radical (unpaired) electrons. The molecule has 30 heavy (non-hydrogen) atoms. The fourth-order valence-corrected chi connectivity index (χ4v) is 6.19. The third-order valence-electron chi connectivity index (χ3n) is 5.74. The number of carboxylic acid groups (broad SMARTS) is 1. The fourth-order valence-electron chi connectivity index (χ4n) is 4.09. The number of carbonyl (C=O) groups excluding carboxylic acids is 1. The molecule has 0 saturated heterocycles. The van der Waals surface area contributed by atoms with E-state index in [0.717, 1.165) is 36.1 Å². The van der Waals surface area contributed by atoms with Crippen LogP contribution in [0.2, 0.25) is 0 Å². The van der Waals surface area contributed by atoms with Crippen molar-refractivity contribution >= 4 is 39.4 Å². The summed E-state index contributed by atoms with van der Waals surface area (Å²) in [6.07, 6.45) is 5.26. The molecule has 1 fully saturated rings. The SMILES string of the molecule is CC1CCC(C(=O)N(c2sc(-c3ccccc3)cc2C(=O)O)C(C)C[S+](C)[O-])CC1. The number of nitrogens with zero attached hydrogens (tertiary/aromatic N) is 1. The van der Waals surface area contributed by atoms with Gasteiger partial charge in [-0.2, -0.15) is 0 Å². The van der Waals surface area contributed by atoms with Crippen LogP contribution in [-0.4, -0.2) is 39.6 Å². The molecule has 1 N–H and O–H groups in total. The maximum atomic E-state index is 13.6. The topological polar surface area (TPSA) is 80.7 Å². The summed E-state index contributed by atoms with van der Waals surface area (Å²) in [5.41, 5.74) is 1.05. The molecule has 2 unspecified atom stereocenters. The summed E-state index contributed by atoms with van der Waals surface area (Å²) in [4.78, 5) is 28.1. The predicted octanol–water partition coefficient (Wildman–Crippen LogP) is 5.04. The van der Waals surface area contributed by atoms with E-state index in [9.17, 15) is 19.2 Å². The molecule has 162 valence electrons. The average Bonchev–Trinajstić information content (AvgIpc) is 3.14. The standard InChI is InChI=1S/C23H29NO4S2/c1-15-9-11-18(12-10-15)21(25)24(16(2)14-30(3)28)22-19(23(26)27)13-20(29-22)17-7-5-4-6-8-17/h4-8,13,15-16,18H,9-12,14H2,1-3H3,(H,26,27). The Bertz CT molecular complexity index is 873. The molecular formula is C23H29NO4S2. The number of anilines is 1. The number of aromatic carboxylic acids is 1. The zero-order valence-electron chi connectivity index (χ0n) is 17.7. The fraction of sp³-hybridized carbons (Fsp3) is 0.478. The number of hydrogen-bond donors (Lipinski definition) is 1. The van der Waals surface area contributed by atoms with Crippen LogP contribution in [0.1, 0.15) is 49.9 Å². The second-order valence-corrected chi connectivity index (χ2v) is 10.8. The largest absolute Gasteiger partial charge is 0.616 e. The summed E-state index contributed by atoms with van der Waals surface area (Å²) in [6.45, 7) is 4.06. The van der Waals surface area contributed by atoms with Crippen molar-refractivity contribution in [2.45, 2.75) is 45.6 Å². The van der Waals surface area contributed by atoms with E-state index < -0.39 is 17.1 Å². The first kappa shape index (κ1) is 22.8. The van der Waals surface area contributed by atoms with Gasteiger partial charge < -0.3 is 9.66 Å². The Kier molecular flexibility index (Phi) is 7.60. The highest BCUT2D eigenvalue weighted by Crippen LogP contribution is 2.41. The first-order valence-corrected chi connectivity index (χ1v) is 12.9. The molecule has 7 heteroatoms. The first-order valence-electron chi connectivity index (χ1n) is 10.3. The summed E-state index contributed by atoms with van der Waals surface area (Å²) < 4.78 is 11.9. The molecule has 2 aromatic rings. The van der Waals surface area contributed by atoms with Gasteiger partial charge in [-0.3, -0.25) is 9.69 Å². The van der Waals surface area contributed by atoms with Gasteiger partial charge >= 0.3 is 5.97 Å². The maximum Gasteiger partial charge on any atom is 0.338 e. The third kappa shape index (κ3) is 5.25. The number of benzene rings is 1. The van der Waals surface area contributed by atoms with Gasteiger partial charge in [0.15, 0.2) is 0 Å². The zero-order chi connectivity index (χ0) is 21.8. The lowest BCUT2D eigenvalue weighted by Crippen LogP contribution is -2.46. The van der Waals surface area contributed by atoms with Gasteiger partial charge in [0.1, 0.15) is 10.8 Å². The van der Waals surface area contributed by atoms with Crippen LogP contribution in [-0.2, 0) is 16.0 Å². The van der Waals surface area contributed by atoms with Crippen LogP contribution in [0.5, 0.6) is 0 Å². The summed E-state index contributed by atoms with van der Waals surface area (Å²) in [6, 6.07) is 10.9. The molecule has 0 aliphatic heterocycles. The molecule has 3 rings (SSSR count). The van der Waals surface area contributed by atoms with Crippen LogP contribution in [0.15, 0.2) is 36.4 Å². The van der Waals surface area contributed by atoms with Crippen molar-refractivity contribution in [3.8, 4) is 10.4 Å². The van der Waals surface area contributed by atoms with Crippen molar-refractivity contribution in [3.63, 3.8) is 0 Å². The maximum absolute atomic E-state index is 13.6. The van der Waals surface area contributed by atoms with Crippen molar-refractivity contribution in [1.29, 1.82) is 0 Å². The molecule has 1 amide bonds. The lowest BCUT2D eigenvalue weighted by atomic mass is 9.82. The normalized spacial score (nSPS) is 21.1. The van der Waals surface area contributed by atoms with Crippen LogP contribution in [0.3, 0.4) is 0 Å². The van der Waals surface area contributed by atoms with E-state index in [4.69, 9.17) is 0 Å². The highest BCUT2D eigenvalue weighted by atomic mass is 32.2. The van der Waals surface area contributed by atoms with Gasteiger partial charge in [0, 0.05) is 10.8 Å². The van der Waals surface area contributed by atoms with Gasteiger partial charge in [0.05, 0.1) is 17.9 Å². The first-order chi connectivity index (χ1) is 14.3. The molecule has 1 heterocycles. The predicted molar refractivity (Wildman–Crippen MR) is 124 cm³/mol. The minimum absolute atomic E-state index is 0.0381. The highest BCUT2D eigenvalue weighted by molar-refractivity contribution is 7.90. The number of carboxylic acids is 1. The van der Waals surface area contributed by atoms with Crippen molar-refractivity contribution < 1.29 is 19.2 Å². The van der Waals surface area contributed by atoms with Gasteiger partial charge in [-0.05, 0) is 50.2 Å². The molecule has 1 aromatic heterocycles. The molecule has 1 aliphatic carbocycles. The lowest BCUT2D eigenvalue weighted by molar-refractivity contribution is -0.123. The molecule has 0 bridgehead atoms. The number of carbonyl (C=O) groups is 2. The highest BCUT2D eigenvalue weighted by Gasteiger charge is 2.35. The van der Waals surface area contributed by atoms with Crippen molar-refractivity contribution in [2.24, 2.45) is 11.8 Å². The second kappa shape index (κ2) is 9.98. The summed E-state index contributed by atoms with van der Waals surface area (Å²) >= 11 is 0.222. The number of hydrogen-bond acceptors (Lipinski definition) is 4. The number of rotatable bonds is 7. The van der Waals surface area contributed by atoms with Crippen molar-refractivity contribution in [1.82, 2.24) is 0 Å². The number of thiophene rings is 1. The molecular weight excluding hydrogens is 418 g/mol. The van der Waals surface area contributed by atoms with Crippen LogP contribution < -0.4 is 4.90 Å². The minimum Gasteiger partial charge on any atom is -0.616 e. The van der Waals surface area contributed by atoms with E-state index in [-0.39, 0.29) is 23.4 Å². The molecule has 1 aromatic carbocycles. The second-order valence-electron chi connectivity index (χ2n) is 8.25. The van der Waals surface area contributed by atoms with Crippen molar-refractivity contribution in [3.05, 3.63) is 42.0 Å². The monoisotopic (exact) mass is 447 g/mol. The van der Waals surface area contributed by atoms with Crippen molar-refractivity contribution in [2.75, 3.05) is 16.9 Å². The van der Waals surface area contributed by atoms with Gasteiger partial charge in [-0.1, -0.05) is 48.4 Å². The van der Waals surface area contributed by atoms with Crippen LogP contribution in [0.4, 0.5) is 5.00 Å². The van der Waals surface area contributed by atoms with Crippen LogP contribution >= 0.6 is 11.3 Å². The van der Waals surface area contributed by atoms with E-state index in [1.54, 1.807) is 17.2 Å². The summed E-state index contributed by atoms with van der Waals surface area (Å²) in [5, 5.41) is 10.3. The molecule has 0 spiro atoms. The van der Waals surface area contributed by atoms with E-state index in [0.29, 0.717) is 16.7 Å². The summed E-state index contributed by atoms with van der Waals surface area (Å²) in [5.74, 6) is -0.277. The van der Waals surface area contributed by atoms with Crippen LogP contribution in [0.25, 0.3) is 10.4 Å². The minimum atomic E-state index is -1.10.